The molecule has 0 atom stereocenters. The summed E-state index contributed by atoms with van der Waals surface area (Å²) in [5, 5.41) is 4.93. The highest BCUT2D eigenvalue weighted by atomic mass is 32.2. The molecule has 1 saturated carbocycles. The summed E-state index contributed by atoms with van der Waals surface area (Å²) in [6, 6.07) is 14.5. The minimum atomic E-state index is -3.44. The number of benzene rings is 2. The Morgan fingerprint density at radius 3 is 2.45 bits per heavy atom. The molecule has 0 bridgehead atoms. The van der Waals surface area contributed by atoms with Crippen molar-refractivity contribution in [2.24, 2.45) is 0 Å². The number of aromatic nitrogens is 1. The van der Waals surface area contributed by atoms with Gasteiger partial charge in [-0.3, -0.25) is 4.79 Å². The summed E-state index contributed by atoms with van der Waals surface area (Å²) >= 11 is 3.22. The Hall–Kier alpha value is -2.20. The fourth-order valence-corrected chi connectivity index (χ4v) is 6.01. The molecular weight excluding hydrogens is 450 g/mol. The summed E-state index contributed by atoms with van der Waals surface area (Å²) in [5.41, 5.74) is 2.69. The van der Waals surface area contributed by atoms with Crippen LogP contribution in [0.15, 0.2) is 68.0 Å². The van der Waals surface area contributed by atoms with E-state index < -0.39 is 10.0 Å². The zero-order valence-corrected chi connectivity index (χ0v) is 19.4. The van der Waals surface area contributed by atoms with Gasteiger partial charge in [-0.15, -0.1) is 11.3 Å². The van der Waals surface area contributed by atoms with E-state index >= 15 is 0 Å². The Bertz CT molecular complexity index is 1150. The van der Waals surface area contributed by atoms with Crippen molar-refractivity contribution in [2.45, 2.75) is 52.8 Å². The largest absolute Gasteiger partial charge is 0.326 e. The Morgan fingerprint density at radius 1 is 1.13 bits per heavy atom. The summed E-state index contributed by atoms with van der Waals surface area (Å²) < 4.78 is 28.1. The second-order valence-corrected chi connectivity index (χ2v) is 11.4. The molecule has 0 radical (unpaired) electrons. The van der Waals surface area contributed by atoms with Gasteiger partial charge in [0.1, 0.15) is 0 Å². The molecular formula is C22H23N3O3S3. The number of aryl methyl sites for hydroxylation is 2. The van der Waals surface area contributed by atoms with Crippen LogP contribution in [0.5, 0.6) is 0 Å². The van der Waals surface area contributed by atoms with Crippen LogP contribution in [-0.2, 0) is 21.2 Å². The number of hydrogen-bond acceptors (Lipinski definition) is 6. The maximum atomic E-state index is 12.3. The molecule has 1 aliphatic rings. The maximum absolute atomic E-state index is 12.3. The molecule has 162 valence electrons. The van der Waals surface area contributed by atoms with E-state index in [1.165, 1.54) is 0 Å². The molecule has 1 aliphatic carbocycles. The van der Waals surface area contributed by atoms with E-state index in [1.807, 2.05) is 36.6 Å². The maximum Gasteiger partial charge on any atom is 0.240 e. The number of carbonyl (C=O) groups excluding carboxylic acids is 1. The van der Waals surface area contributed by atoms with Crippen LogP contribution in [0, 0.1) is 6.92 Å². The van der Waals surface area contributed by atoms with Gasteiger partial charge in [0.15, 0.2) is 4.34 Å². The van der Waals surface area contributed by atoms with Crippen molar-refractivity contribution in [1.29, 1.82) is 0 Å². The quantitative estimate of drug-likeness (QED) is 0.474. The number of rotatable bonds is 9. The van der Waals surface area contributed by atoms with E-state index in [9.17, 15) is 13.2 Å². The summed E-state index contributed by atoms with van der Waals surface area (Å²) in [6.07, 6.45) is 2.67. The van der Waals surface area contributed by atoms with Gasteiger partial charge in [0.05, 0.1) is 4.90 Å². The van der Waals surface area contributed by atoms with Crippen molar-refractivity contribution in [3.63, 3.8) is 0 Å². The van der Waals surface area contributed by atoms with Gasteiger partial charge in [-0.2, -0.15) is 0 Å². The fourth-order valence-electron chi connectivity index (χ4n) is 2.89. The SMILES string of the molecule is Cc1csc(Sc2ccc(NC(=O)CCc3ccc(S(=O)(=O)NC4CC4)cc3)cc2)n1. The van der Waals surface area contributed by atoms with Crippen molar-refractivity contribution in [1.82, 2.24) is 9.71 Å². The highest BCUT2D eigenvalue weighted by Crippen LogP contribution is 2.31. The van der Waals surface area contributed by atoms with Gasteiger partial charge >= 0.3 is 0 Å². The Morgan fingerprint density at radius 2 is 1.84 bits per heavy atom. The number of nitrogens with one attached hydrogen (secondary N) is 2. The fraction of sp³-hybridized carbons (Fsp3) is 0.273. The number of sulfonamides is 1. The average molecular weight is 474 g/mol. The molecule has 0 spiro atoms. The molecule has 0 unspecified atom stereocenters. The van der Waals surface area contributed by atoms with Crippen LogP contribution in [0.4, 0.5) is 5.69 Å². The van der Waals surface area contributed by atoms with Crippen LogP contribution < -0.4 is 10.0 Å². The van der Waals surface area contributed by atoms with E-state index in [0.29, 0.717) is 12.8 Å². The van der Waals surface area contributed by atoms with Crippen LogP contribution in [0.2, 0.25) is 0 Å². The van der Waals surface area contributed by atoms with Gasteiger partial charge in [-0.05, 0) is 68.1 Å². The molecule has 0 saturated heterocycles. The van der Waals surface area contributed by atoms with E-state index in [4.69, 9.17) is 0 Å². The molecule has 31 heavy (non-hydrogen) atoms. The number of anilines is 1. The zero-order valence-electron chi connectivity index (χ0n) is 17.0. The molecule has 2 N–H and O–H groups in total. The van der Waals surface area contributed by atoms with Crippen molar-refractivity contribution in [3.05, 3.63) is 65.2 Å². The molecule has 4 rings (SSSR count). The Kier molecular flexibility index (Phi) is 6.76. The minimum Gasteiger partial charge on any atom is -0.326 e. The third-order valence-corrected chi connectivity index (χ3v) is 8.32. The van der Waals surface area contributed by atoms with Crippen LogP contribution >= 0.6 is 23.1 Å². The summed E-state index contributed by atoms with van der Waals surface area (Å²) in [5.74, 6) is -0.0805. The normalized spacial score (nSPS) is 13.8. The van der Waals surface area contributed by atoms with Crippen LogP contribution in [0.3, 0.4) is 0 Å². The van der Waals surface area contributed by atoms with Crippen molar-refractivity contribution in [2.75, 3.05) is 5.32 Å². The van der Waals surface area contributed by atoms with Gasteiger partial charge in [0, 0.05) is 34.1 Å². The predicted octanol–water partition coefficient (Wildman–Crippen LogP) is 4.61. The lowest BCUT2D eigenvalue weighted by Crippen LogP contribution is -2.25. The van der Waals surface area contributed by atoms with Crippen LogP contribution in [0.25, 0.3) is 0 Å². The van der Waals surface area contributed by atoms with E-state index in [-0.39, 0.29) is 16.8 Å². The van der Waals surface area contributed by atoms with E-state index in [0.717, 1.165) is 39.0 Å². The monoisotopic (exact) mass is 473 g/mol. The van der Waals surface area contributed by atoms with Gasteiger partial charge in [0.2, 0.25) is 15.9 Å². The second-order valence-electron chi connectivity index (χ2n) is 7.47. The zero-order chi connectivity index (χ0) is 21.8. The van der Waals surface area contributed by atoms with E-state index in [2.05, 4.69) is 15.0 Å². The molecule has 2 aromatic carbocycles. The highest BCUT2D eigenvalue weighted by Gasteiger charge is 2.27. The first kappa shape index (κ1) is 22.0. The van der Waals surface area contributed by atoms with Gasteiger partial charge in [0.25, 0.3) is 0 Å². The lowest BCUT2D eigenvalue weighted by molar-refractivity contribution is -0.116. The lowest BCUT2D eigenvalue weighted by atomic mass is 10.1. The average Bonchev–Trinajstić information content (AvgIpc) is 3.46. The number of amides is 1. The van der Waals surface area contributed by atoms with Crippen LogP contribution in [-0.4, -0.2) is 25.4 Å². The Balaban J connectivity index is 1.26. The molecule has 1 aromatic heterocycles. The number of hydrogen-bond donors (Lipinski definition) is 2. The van der Waals surface area contributed by atoms with Gasteiger partial charge < -0.3 is 5.32 Å². The molecule has 3 aromatic rings. The molecule has 1 heterocycles. The number of carbonyl (C=O) groups is 1. The molecule has 9 heteroatoms. The number of nitrogens with zero attached hydrogens (tertiary/aromatic N) is 1. The topological polar surface area (TPSA) is 88.2 Å². The second kappa shape index (κ2) is 9.52. The van der Waals surface area contributed by atoms with Gasteiger partial charge in [-0.25, -0.2) is 18.1 Å². The third kappa shape index (κ3) is 6.39. The highest BCUT2D eigenvalue weighted by molar-refractivity contribution is 8.01. The standard InChI is InChI=1S/C22H23N3O3S3/c1-15-14-29-22(23-15)30-19-9-7-17(8-10-19)24-21(26)13-4-16-2-11-20(12-3-16)31(27,28)25-18-5-6-18/h2-3,7-12,14,18,25H,4-6,13H2,1H3,(H,24,26). The van der Waals surface area contributed by atoms with Crippen molar-refractivity contribution >= 4 is 44.7 Å². The first-order valence-electron chi connectivity index (χ1n) is 9.98. The summed E-state index contributed by atoms with van der Waals surface area (Å²) in [4.78, 5) is 18.1. The number of thiazole rings is 1. The smallest absolute Gasteiger partial charge is 0.240 e. The summed E-state index contributed by atoms with van der Waals surface area (Å²) in [7, 11) is -3.44. The van der Waals surface area contributed by atoms with E-state index in [1.54, 1.807) is 47.4 Å². The third-order valence-electron chi connectivity index (χ3n) is 4.71. The molecule has 1 amide bonds. The molecule has 6 nitrogen and oxygen atoms in total. The Labute approximate surface area is 190 Å². The minimum absolute atomic E-state index is 0.0805. The van der Waals surface area contributed by atoms with Gasteiger partial charge in [-0.1, -0.05) is 23.9 Å². The molecule has 1 fully saturated rings. The predicted molar refractivity (Wildman–Crippen MR) is 124 cm³/mol. The first-order chi connectivity index (χ1) is 14.9. The van der Waals surface area contributed by atoms with Crippen molar-refractivity contribution in [3.8, 4) is 0 Å². The van der Waals surface area contributed by atoms with Crippen molar-refractivity contribution < 1.29 is 13.2 Å². The summed E-state index contributed by atoms with van der Waals surface area (Å²) in [6.45, 7) is 1.97. The molecule has 0 aliphatic heterocycles. The van der Waals surface area contributed by atoms with Crippen LogP contribution in [0.1, 0.15) is 30.5 Å². The first-order valence-corrected chi connectivity index (χ1v) is 13.2. The lowest BCUT2D eigenvalue weighted by Gasteiger charge is -2.08.